The van der Waals surface area contributed by atoms with Crippen LogP contribution in [0.1, 0.15) is 21.1 Å². The maximum Gasteiger partial charge on any atom is 0.288 e. The molecule has 1 aliphatic rings. The molecule has 0 saturated carbocycles. The van der Waals surface area contributed by atoms with E-state index >= 15 is 0 Å². The van der Waals surface area contributed by atoms with Gasteiger partial charge in [0.25, 0.3) is 11.1 Å². The Kier molecular flexibility index (Phi) is 5.89. The van der Waals surface area contributed by atoms with Crippen LogP contribution in [-0.2, 0) is 11.4 Å². The molecule has 1 fully saturated rings. The minimum atomic E-state index is -0.285. The molecule has 136 valence electrons. The number of thioether (sulfide) groups is 1. The summed E-state index contributed by atoms with van der Waals surface area (Å²) >= 11 is 2.54. The van der Waals surface area contributed by atoms with Gasteiger partial charge in [0, 0.05) is 24.0 Å². The Hall–Kier alpha value is -2.39. The first-order valence-electron chi connectivity index (χ1n) is 7.92. The fraction of sp³-hybridized carbons (Fsp3) is 0.294. The summed E-state index contributed by atoms with van der Waals surface area (Å²) in [6.07, 6.45) is 0. The van der Waals surface area contributed by atoms with Gasteiger partial charge in [-0.15, -0.1) is 11.3 Å². The summed E-state index contributed by atoms with van der Waals surface area (Å²) in [6, 6.07) is 6.84. The Labute approximate surface area is 158 Å². The Balaban J connectivity index is 1.51. The molecule has 0 spiro atoms. The average molecular weight is 391 g/mol. The highest BCUT2D eigenvalue weighted by atomic mass is 32.2. The minimum Gasteiger partial charge on any atom is -0.487 e. The average Bonchev–Trinajstić information content (AvgIpc) is 3.19. The molecule has 0 aliphatic carbocycles. The molecule has 2 aromatic rings. The van der Waals surface area contributed by atoms with Crippen LogP contribution in [0.3, 0.4) is 0 Å². The molecule has 1 aromatic heterocycles. The van der Waals surface area contributed by atoms with Crippen LogP contribution in [0.15, 0.2) is 29.6 Å². The number of ether oxygens (including phenoxy) is 1. The van der Waals surface area contributed by atoms with Crippen LogP contribution in [0.2, 0.25) is 0 Å². The molecule has 9 heteroatoms. The van der Waals surface area contributed by atoms with Crippen LogP contribution < -0.4 is 10.1 Å². The van der Waals surface area contributed by atoms with Gasteiger partial charge in [-0.25, -0.2) is 4.98 Å². The van der Waals surface area contributed by atoms with Crippen LogP contribution >= 0.6 is 23.1 Å². The van der Waals surface area contributed by atoms with E-state index in [2.05, 4.69) is 10.3 Å². The molecule has 1 aliphatic heterocycles. The summed E-state index contributed by atoms with van der Waals surface area (Å²) in [5, 5.41) is 5.36. The maximum absolute atomic E-state index is 12.2. The van der Waals surface area contributed by atoms with E-state index in [1.165, 1.54) is 0 Å². The predicted octanol–water partition coefficient (Wildman–Crippen LogP) is 2.46. The van der Waals surface area contributed by atoms with Gasteiger partial charge in [0.15, 0.2) is 0 Å². The third kappa shape index (κ3) is 4.61. The second-order valence-corrected chi connectivity index (χ2v) is 7.52. The highest BCUT2D eigenvalue weighted by molar-refractivity contribution is 8.14. The number of amides is 3. The molecule has 0 unspecified atom stereocenters. The molecule has 3 amide bonds. The number of benzene rings is 1. The number of carbonyl (C=O) groups is 3. The number of imide groups is 1. The molecule has 7 nitrogen and oxygen atoms in total. The molecule has 26 heavy (non-hydrogen) atoms. The van der Waals surface area contributed by atoms with Gasteiger partial charge in [0.2, 0.25) is 5.91 Å². The second-order valence-electron chi connectivity index (χ2n) is 5.53. The molecule has 0 radical (unpaired) electrons. The van der Waals surface area contributed by atoms with Crippen molar-refractivity contribution in [1.29, 1.82) is 0 Å². The zero-order valence-electron chi connectivity index (χ0n) is 14.1. The largest absolute Gasteiger partial charge is 0.487 e. The number of thiazole rings is 1. The summed E-state index contributed by atoms with van der Waals surface area (Å²) < 4.78 is 5.67. The molecule has 0 atom stereocenters. The van der Waals surface area contributed by atoms with E-state index in [1.54, 1.807) is 35.6 Å². The molecular formula is C17H17N3O4S2. The van der Waals surface area contributed by atoms with Gasteiger partial charge in [0.05, 0.1) is 16.5 Å². The van der Waals surface area contributed by atoms with E-state index in [9.17, 15) is 14.4 Å². The van der Waals surface area contributed by atoms with Gasteiger partial charge in [-0.3, -0.25) is 19.3 Å². The lowest BCUT2D eigenvalue weighted by Gasteiger charge is -2.13. The summed E-state index contributed by atoms with van der Waals surface area (Å²) in [7, 11) is 0. The Bertz CT molecular complexity index is 821. The van der Waals surface area contributed by atoms with Gasteiger partial charge in [-0.05, 0) is 25.1 Å². The van der Waals surface area contributed by atoms with Crippen molar-refractivity contribution in [2.45, 2.75) is 13.5 Å². The fourth-order valence-electron chi connectivity index (χ4n) is 2.34. The summed E-state index contributed by atoms with van der Waals surface area (Å²) in [4.78, 5) is 40.7. The molecular weight excluding hydrogens is 374 g/mol. The molecule has 1 N–H and O–H groups in total. The van der Waals surface area contributed by atoms with Gasteiger partial charge in [-0.1, -0.05) is 17.8 Å². The second kappa shape index (κ2) is 8.33. The Morgan fingerprint density at radius 1 is 1.38 bits per heavy atom. The molecule has 1 saturated heterocycles. The maximum atomic E-state index is 12.2. The Morgan fingerprint density at radius 2 is 2.23 bits per heavy atom. The smallest absolute Gasteiger partial charge is 0.288 e. The summed E-state index contributed by atoms with van der Waals surface area (Å²) in [6.45, 7) is 2.66. The lowest BCUT2D eigenvalue weighted by molar-refractivity contribution is -0.124. The number of nitrogens with one attached hydrogen (secondary N) is 1. The van der Waals surface area contributed by atoms with Crippen molar-refractivity contribution in [2.24, 2.45) is 0 Å². The lowest BCUT2D eigenvalue weighted by atomic mass is 10.2. The first kappa shape index (κ1) is 18.4. The van der Waals surface area contributed by atoms with Crippen molar-refractivity contribution in [3.63, 3.8) is 0 Å². The first-order chi connectivity index (χ1) is 12.5. The number of rotatable bonds is 7. The van der Waals surface area contributed by atoms with Crippen molar-refractivity contribution >= 4 is 40.2 Å². The van der Waals surface area contributed by atoms with Gasteiger partial charge < -0.3 is 10.1 Å². The van der Waals surface area contributed by atoms with Crippen LogP contribution in [0.4, 0.5) is 4.79 Å². The van der Waals surface area contributed by atoms with Crippen LogP contribution in [0, 0.1) is 6.92 Å². The monoisotopic (exact) mass is 391 g/mol. The van der Waals surface area contributed by atoms with E-state index < -0.39 is 0 Å². The predicted molar refractivity (Wildman–Crippen MR) is 99.5 cm³/mol. The van der Waals surface area contributed by atoms with Gasteiger partial charge >= 0.3 is 0 Å². The van der Waals surface area contributed by atoms with E-state index in [4.69, 9.17) is 4.74 Å². The normalized spacial score (nSPS) is 14.0. The van der Waals surface area contributed by atoms with Crippen molar-refractivity contribution in [2.75, 3.05) is 18.8 Å². The highest BCUT2D eigenvalue weighted by Gasteiger charge is 2.29. The van der Waals surface area contributed by atoms with Crippen LogP contribution in [-0.4, -0.2) is 45.8 Å². The number of hydrogen-bond donors (Lipinski definition) is 1. The first-order valence-corrected chi connectivity index (χ1v) is 9.78. The SMILES string of the molecule is Cc1nc(COc2cccc(C(=O)NCCN3C(=O)CSC3=O)c2)cs1. The van der Waals surface area contributed by atoms with Crippen molar-refractivity contribution in [1.82, 2.24) is 15.2 Å². The minimum absolute atomic E-state index is 0.171. The van der Waals surface area contributed by atoms with E-state index in [0.717, 1.165) is 27.4 Å². The summed E-state index contributed by atoms with van der Waals surface area (Å²) in [5.41, 5.74) is 1.30. The lowest BCUT2D eigenvalue weighted by Crippen LogP contribution is -2.37. The third-order valence-corrected chi connectivity index (χ3v) is 5.29. The number of nitrogens with zero attached hydrogens (tertiary/aromatic N) is 2. The van der Waals surface area contributed by atoms with Gasteiger partial charge in [0.1, 0.15) is 12.4 Å². The van der Waals surface area contributed by atoms with Crippen LogP contribution in [0.25, 0.3) is 0 Å². The van der Waals surface area contributed by atoms with E-state index in [0.29, 0.717) is 17.9 Å². The topological polar surface area (TPSA) is 88.6 Å². The standard InChI is InChI=1S/C17H17N3O4S2/c1-11-19-13(9-25-11)8-24-14-4-2-3-12(7-14)16(22)18-5-6-20-15(21)10-26-17(20)23/h2-4,7,9H,5-6,8,10H2,1H3,(H,18,22). The van der Waals surface area contributed by atoms with Gasteiger partial charge in [-0.2, -0.15) is 0 Å². The third-order valence-electron chi connectivity index (χ3n) is 3.61. The van der Waals surface area contributed by atoms with Crippen molar-refractivity contribution in [3.8, 4) is 5.75 Å². The molecule has 1 aromatic carbocycles. The molecule has 3 rings (SSSR count). The molecule has 0 bridgehead atoms. The zero-order chi connectivity index (χ0) is 18.5. The van der Waals surface area contributed by atoms with E-state index in [-0.39, 0.29) is 35.9 Å². The molecule has 2 heterocycles. The highest BCUT2D eigenvalue weighted by Crippen LogP contribution is 2.18. The quantitative estimate of drug-likeness (QED) is 0.780. The summed E-state index contributed by atoms with van der Waals surface area (Å²) in [5.74, 6) is 0.239. The number of carbonyl (C=O) groups excluding carboxylic acids is 3. The van der Waals surface area contributed by atoms with Crippen molar-refractivity contribution < 1.29 is 19.1 Å². The number of aromatic nitrogens is 1. The zero-order valence-corrected chi connectivity index (χ0v) is 15.7. The number of hydrogen-bond acceptors (Lipinski definition) is 7. The fourth-order valence-corrected chi connectivity index (χ4v) is 3.69. The van der Waals surface area contributed by atoms with E-state index in [1.807, 2.05) is 12.3 Å². The Morgan fingerprint density at radius 3 is 2.92 bits per heavy atom. The van der Waals surface area contributed by atoms with Crippen molar-refractivity contribution in [3.05, 3.63) is 45.9 Å². The van der Waals surface area contributed by atoms with Crippen LogP contribution in [0.5, 0.6) is 5.75 Å². The number of aryl methyl sites for hydroxylation is 1.